The van der Waals surface area contributed by atoms with E-state index in [-0.39, 0.29) is 18.5 Å². The second-order valence-electron chi connectivity index (χ2n) is 4.28. The predicted octanol–water partition coefficient (Wildman–Crippen LogP) is 1.58. The first kappa shape index (κ1) is 12.6. The Morgan fingerprint density at radius 3 is 2.78 bits per heavy atom. The van der Waals surface area contributed by atoms with Crippen LogP contribution in [0.4, 0.5) is 0 Å². The molecule has 0 aliphatic carbocycles. The maximum absolute atomic E-state index is 11.7. The molecule has 1 aromatic rings. The summed E-state index contributed by atoms with van der Waals surface area (Å²) < 4.78 is 9.95. The maximum atomic E-state index is 11.7. The SMILES string of the molecule is CCOC(=O)[C@H]1COC(=O)[C@H]1Cc1ccccc1. The second-order valence-corrected chi connectivity index (χ2v) is 4.28. The van der Waals surface area contributed by atoms with Crippen LogP contribution in [0.3, 0.4) is 0 Å². The van der Waals surface area contributed by atoms with Gasteiger partial charge in [0.25, 0.3) is 0 Å². The summed E-state index contributed by atoms with van der Waals surface area (Å²) in [6.07, 6.45) is 0.517. The minimum Gasteiger partial charge on any atom is -0.466 e. The lowest BCUT2D eigenvalue weighted by atomic mass is 9.89. The Kier molecular flexibility index (Phi) is 3.97. The van der Waals surface area contributed by atoms with Crippen molar-refractivity contribution in [2.45, 2.75) is 13.3 Å². The Hall–Kier alpha value is -1.84. The van der Waals surface area contributed by atoms with Crippen LogP contribution in [-0.2, 0) is 25.5 Å². The second kappa shape index (κ2) is 5.67. The van der Waals surface area contributed by atoms with E-state index in [0.717, 1.165) is 5.56 Å². The van der Waals surface area contributed by atoms with Crippen molar-refractivity contribution < 1.29 is 19.1 Å². The molecule has 0 aromatic heterocycles. The molecule has 1 aromatic carbocycles. The normalized spacial score (nSPS) is 22.6. The first-order valence-corrected chi connectivity index (χ1v) is 6.09. The maximum Gasteiger partial charge on any atom is 0.313 e. The number of benzene rings is 1. The number of esters is 2. The molecule has 1 aliphatic heterocycles. The molecule has 0 N–H and O–H groups in total. The van der Waals surface area contributed by atoms with E-state index < -0.39 is 11.8 Å². The fourth-order valence-electron chi connectivity index (χ4n) is 2.13. The predicted molar refractivity (Wildman–Crippen MR) is 64.7 cm³/mol. The number of carbonyl (C=O) groups excluding carboxylic acids is 2. The molecule has 0 radical (unpaired) electrons. The number of ether oxygens (including phenoxy) is 2. The highest BCUT2D eigenvalue weighted by atomic mass is 16.6. The topological polar surface area (TPSA) is 52.6 Å². The lowest BCUT2D eigenvalue weighted by molar-refractivity contribution is -0.149. The molecule has 4 heteroatoms. The van der Waals surface area contributed by atoms with Crippen LogP contribution in [0.15, 0.2) is 30.3 Å². The summed E-state index contributed by atoms with van der Waals surface area (Å²) >= 11 is 0. The van der Waals surface area contributed by atoms with Gasteiger partial charge in [0.2, 0.25) is 0 Å². The molecule has 1 heterocycles. The van der Waals surface area contributed by atoms with E-state index in [9.17, 15) is 9.59 Å². The molecule has 0 unspecified atom stereocenters. The van der Waals surface area contributed by atoms with Gasteiger partial charge < -0.3 is 9.47 Å². The molecule has 0 saturated carbocycles. The van der Waals surface area contributed by atoms with E-state index in [1.54, 1.807) is 6.92 Å². The van der Waals surface area contributed by atoms with Crippen molar-refractivity contribution in [1.82, 2.24) is 0 Å². The van der Waals surface area contributed by atoms with Gasteiger partial charge in [-0.15, -0.1) is 0 Å². The summed E-state index contributed by atoms with van der Waals surface area (Å²) in [6.45, 7) is 2.21. The Bertz CT molecular complexity index is 427. The number of cyclic esters (lactones) is 1. The van der Waals surface area contributed by atoms with E-state index in [4.69, 9.17) is 9.47 Å². The fourth-order valence-corrected chi connectivity index (χ4v) is 2.13. The summed E-state index contributed by atoms with van der Waals surface area (Å²) in [5.74, 6) is -1.55. The summed E-state index contributed by atoms with van der Waals surface area (Å²) in [6, 6.07) is 9.62. The number of hydrogen-bond donors (Lipinski definition) is 0. The third kappa shape index (κ3) is 2.70. The molecule has 0 bridgehead atoms. The van der Waals surface area contributed by atoms with Gasteiger partial charge in [-0.1, -0.05) is 30.3 Å². The molecule has 0 spiro atoms. The molecule has 96 valence electrons. The summed E-state index contributed by atoms with van der Waals surface area (Å²) in [5, 5.41) is 0. The van der Waals surface area contributed by atoms with Crippen molar-refractivity contribution in [2.24, 2.45) is 11.8 Å². The van der Waals surface area contributed by atoms with Crippen LogP contribution < -0.4 is 0 Å². The average Bonchev–Trinajstić information content (AvgIpc) is 2.73. The van der Waals surface area contributed by atoms with Crippen LogP contribution in [0.5, 0.6) is 0 Å². The van der Waals surface area contributed by atoms with Crippen molar-refractivity contribution in [3.05, 3.63) is 35.9 Å². The van der Waals surface area contributed by atoms with Gasteiger partial charge in [0.15, 0.2) is 0 Å². The Morgan fingerprint density at radius 1 is 1.39 bits per heavy atom. The lowest BCUT2D eigenvalue weighted by Gasteiger charge is -2.13. The summed E-state index contributed by atoms with van der Waals surface area (Å²) in [4.78, 5) is 23.4. The zero-order valence-electron chi connectivity index (χ0n) is 10.3. The number of carbonyl (C=O) groups is 2. The first-order valence-electron chi connectivity index (χ1n) is 6.09. The molecule has 2 atom stereocenters. The van der Waals surface area contributed by atoms with Crippen LogP contribution in [0, 0.1) is 11.8 Å². The van der Waals surface area contributed by atoms with Crippen molar-refractivity contribution >= 4 is 11.9 Å². The van der Waals surface area contributed by atoms with Crippen LogP contribution in [0.2, 0.25) is 0 Å². The lowest BCUT2D eigenvalue weighted by Crippen LogP contribution is -2.27. The van der Waals surface area contributed by atoms with Crippen molar-refractivity contribution in [3.8, 4) is 0 Å². The quantitative estimate of drug-likeness (QED) is 0.759. The van der Waals surface area contributed by atoms with Crippen LogP contribution in [0.1, 0.15) is 12.5 Å². The molecule has 4 nitrogen and oxygen atoms in total. The monoisotopic (exact) mass is 248 g/mol. The standard InChI is InChI=1S/C14H16O4/c1-2-17-14(16)12-9-18-13(15)11(12)8-10-6-4-3-5-7-10/h3-7,11-12H,2,8-9H2,1H3/t11-,12-/m0/s1. The first-order chi connectivity index (χ1) is 8.72. The molecule has 18 heavy (non-hydrogen) atoms. The van der Waals surface area contributed by atoms with Crippen molar-refractivity contribution in [2.75, 3.05) is 13.2 Å². The smallest absolute Gasteiger partial charge is 0.313 e. The van der Waals surface area contributed by atoms with Crippen molar-refractivity contribution in [3.63, 3.8) is 0 Å². The zero-order chi connectivity index (χ0) is 13.0. The van der Waals surface area contributed by atoms with Crippen LogP contribution in [-0.4, -0.2) is 25.2 Å². The summed E-state index contributed by atoms with van der Waals surface area (Å²) in [5.41, 5.74) is 1.02. The van der Waals surface area contributed by atoms with E-state index in [2.05, 4.69) is 0 Å². The minimum absolute atomic E-state index is 0.134. The number of rotatable bonds is 4. The minimum atomic E-state index is -0.474. The van der Waals surface area contributed by atoms with E-state index in [1.165, 1.54) is 0 Å². The van der Waals surface area contributed by atoms with E-state index in [0.29, 0.717) is 13.0 Å². The van der Waals surface area contributed by atoms with Gasteiger partial charge in [-0.2, -0.15) is 0 Å². The highest BCUT2D eigenvalue weighted by molar-refractivity contribution is 5.85. The van der Waals surface area contributed by atoms with Gasteiger partial charge in [-0.25, -0.2) is 0 Å². The fraction of sp³-hybridized carbons (Fsp3) is 0.429. The molecule has 2 rings (SSSR count). The van der Waals surface area contributed by atoms with Gasteiger partial charge in [0, 0.05) is 0 Å². The largest absolute Gasteiger partial charge is 0.466 e. The molecule has 0 amide bonds. The molecular weight excluding hydrogens is 232 g/mol. The van der Waals surface area contributed by atoms with Gasteiger partial charge in [0.1, 0.15) is 12.5 Å². The van der Waals surface area contributed by atoms with Crippen molar-refractivity contribution in [1.29, 1.82) is 0 Å². The van der Waals surface area contributed by atoms with Gasteiger partial charge in [0.05, 0.1) is 12.5 Å². The Labute approximate surface area is 106 Å². The van der Waals surface area contributed by atoms with E-state index in [1.807, 2.05) is 30.3 Å². The third-order valence-corrected chi connectivity index (χ3v) is 3.08. The number of hydrogen-bond acceptors (Lipinski definition) is 4. The molecule has 1 saturated heterocycles. The highest BCUT2D eigenvalue weighted by Gasteiger charge is 2.42. The van der Waals surface area contributed by atoms with Crippen LogP contribution in [0.25, 0.3) is 0 Å². The average molecular weight is 248 g/mol. The Morgan fingerprint density at radius 2 is 2.11 bits per heavy atom. The molecular formula is C14H16O4. The summed E-state index contributed by atoms with van der Waals surface area (Å²) in [7, 11) is 0. The van der Waals surface area contributed by atoms with Gasteiger partial charge >= 0.3 is 11.9 Å². The van der Waals surface area contributed by atoms with Crippen LogP contribution >= 0.6 is 0 Å². The van der Waals surface area contributed by atoms with Gasteiger partial charge in [-0.05, 0) is 18.9 Å². The highest BCUT2D eigenvalue weighted by Crippen LogP contribution is 2.27. The third-order valence-electron chi connectivity index (χ3n) is 3.08. The van der Waals surface area contributed by atoms with E-state index >= 15 is 0 Å². The molecule has 1 aliphatic rings. The van der Waals surface area contributed by atoms with Gasteiger partial charge in [-0.3, -0.25) is 9.59 Å². The Balaban J connectivity index is 2.08. The molecule has 1 fully saturated rings. The zero-order valence-corrected chi connectivity index (χ0v) is 10.3.